The molecule has 6 amide bonds. The lowest BCUT2D eigenvalue weighted by atomic mass is 9.98. The molecule has 0 aromatic heterocycles. The maximum Gasteiger partial charge on any atom is 0.410 e. The molecule has 139 heavy (non-hydrogen) atoms. The Kier molecular flexibility index (Phi) is 40.1. The lowest BCUT2D eigenvalue weighted by molar-refractivity contribution is -0.130. The van der Waals surface area contributed by atoms with Crippen LogP contribution in [0.1, 0.15) is 118 Å². The van der Waals surface area contributed by atoms with Gasteiger partial charge in [-0.05, 0) is 267 Å². The first-order chi connectivity index (χ1) is 66.8. The topological polar surface area (TPSA) is 443 Å². The second kappa shape index (κ2) is 53.4. The number of amides is 6. The number of carbonyl (C=O) groups excluding carboxylic acids is 6. The van der Waals surface area contributed by atoms with E-state index in [9.17, 15) is 28.8 Å². The van der Waals surface area contributed by atoms with Crippen molar-refractivity contribution in [3.8, 4) is 11.1 Å². The Hall–Kier alpha value is -16.7. The van der Waals surface area contributed by atoms with E-state index in [-0.39, 0.29) is 48.2 Å². The largest absolute Gasteiger partial charge is 0.448 e. The van der Waals surface area contributed by atoms with Crippen molar-refractivity contribution in [3.63, 3.8) is 0 Å². The van der Waals surface area contributed by atoms with Crippen LogP contribution in [0.5, 0.6) is 0 Å². The van der Waals surface area contributed by atoms with Crippen molar-refractivity contribution in [1.29, 1.82) is 0 Å². The van der Waals surface area contributed by atoms with E-state index >= 15 is 0 Å². The van der Waals surface area contributed by atoms with E-state index in [2.05, 4.69) is 24.3 Å². The zero-order valence-corrected chi connectivity index (χ0v) is 80.1. The normalized spacial score (nSPS) is 10.8. The van der Waals surface area contributed by atoms with Gasteiger partial charge in [0.15, 0.2) is 0 Å². The fraction of sp³-hybridized carbons (Fsp3) is 0.211. The maximum absolute atomic E-state index is 13.3. The molecule has 0 spiro atoms. The molecular weight excluding hydrogens is 1730 g/mol. The van der Waals surface area contributed by atoms with Crippen LogP contribution in [-0.2, 0) is 107 Å². The molecule has 0 aliphatic heterocycles. The van der Waals surface area contributed by atoms with Gasteiger partial charge in [-0.25, -0.2) is 4.79 Å². The number of nitrogens with two attached hydrogens (primary N) is 12. The third kappa shape index (κ3) is 35.9. The first-order valence-electron chi connectivity index (χ1n) is 46.3. The third-order valence-electron chi connectivity index (χ3n) is 23.5. The zero-order chi connectivity index (χ0) is 99.7. The van der Waals surface area contributed by atoms with Crippen LogP contribution in [0.3, 0.4) is 0 Å². The van der Waals surface area contributed by atoms with Crippen LogP contribution in [0, 0.1) is 0 Å². The first kappa shape index (κ1) is 104. The SMILES string of the molecule is CC(=O)N(CCc1ccc(N)cc1)Cc1ccc(N)cc1.CC(=O)N(CCc1ccc(N)cc1)Cc1ccc(N)cc1.CC(=O)N(CCc1ccc(N)cc1)Cc1ccc(N)cc1.CC(=O)N(CCc1ccc(N)cc1)Cc1ccc(N)cc1.CC(=O)N(CCc1ccc(N)cc1)Cc1ccc(N)cc1.Nc1ccc(CN(Cc2ccc(N)cc2)C(=O)OCC2c3ccccc3-c3ccccc32)cc1. The molecule has 24 N–H and O–H groups in total. The van der Waals surface area contributed by atoms with Gasteiger partial charge in [0, 0.05) is 187 Å². The minimum absolute atomic E-state index is 0.0197. The van der Waals surface area contributed by atoms with Gasteiger partial charge in [-0.3, -0.25) is 28.9 Å². The van der Waals surface area contributed by atoms with E-state index < -0.39 is 0 Å². The van der Waals surface area contributed by atoms with Gasteiger partial charge in [0.25, 0.3) is 0 Å². The zero-order valence-electron chi connectivity index (χ0n) is 80.1. The number of anilines is 12. The van der Waals surface area contributed by atoms with Gasteiger partial charge in [0.2, 0.25) is 29.5 Å². The fourth-order valence-electron chi connectivity index (χ4n) is 15.3. The Morgan fingerprint density at radius 3 is 0.504 bits per heavy atom. The predicted octanol–water partition coefficient (Wildman–Crippen LogP) is 18.0. The number of ether oxygens (including phenoxy) is 1. The van der Waals surface area contributed by atoms with Crippen LogP contribution in [0.4, 0.5) is 73.0 Å². The van der Waals surface area contributed by atoms with Crippen molar-refractivity contribution in [2.75, 3.05) is 108 Å². The Bertz CT molecular complexity index is 5440. The van der Waals surface area contributed by atoms with Crippen molar-refractivity contribution in [2.24, 2.45) is 0 Å². The van der Waals surface area contributed by atoms with E-state index in [0.29, 0.717) is 89.9 Å². The van der Waals surface area contributed by atoms with E-state index in [1.165, 1.54) is 50.1 Å². The summed E-state index contributed by atoms with van der Waals surface area (Å²) in [6.07, 6.45) is 3.72. The minimum atomic E-state index is -0.351. The Morgan fingerprint density at radius 2 is 0.345 bits per heavy atom. The highest BCUT2D eigenvalue weighted by molar-refractivity contribution is 5.80. The summed E-state index contributed by atoms with van der Waals surface area (Å²) in [6.45, 7) is 15.5. The molecule has 15 rings (SSSR count). The van der Waals surface area contributed by atoms with Crippen LogP contribution < -0.4 is 68.8 Å². The quantitative estimate of drug-likeness (QED) is 0.0180. The smallest absolute Gasteiger partial charge is 0.410 e. The van der Waals surface area contributed by atoms with E-state index in [4.69, 9.17) is 73.5 Å². The minimum Gasteiger partial charge on any atom is -0.448 e. The van der Waals surface area contributed by atoms with Gasteiger partial charge in [-0.1, -0.05) is 194 Å². The molecule has 0 saturated heterocycles. The van der Waals surface area contributed by atoms with Crippen LogP contribution in [0.25, 0.3) is 11.1 Å². The summed E-state index contributed by atoms with van der Waals surface area (Å²) in [5, 5.41) is 0. The second-order valence-corrected chi connectivity index (χ2v) is 34.5. The molecule has 14 aromatic rings. The molecule has 0 atom stereocenters. The summed E-state index contributed by atoms with van der Waals surface area (Å²) < 4.78 is 5.93. The average molecular weight is 1870 g/mol. The molecule has 0 fully saturated rings. The number of nitrogens with zero attached hydrogens (tertiary/aromatic N) is 6. The highest BCUT2D eigenvalue weighted by Crippen LogP contribution is 2.45. The fourth-order valence-corrected chi connectivity index (χ4v) is 15.3. The highest BCUT2D eigenvalue weighted by Gasteiger charge is 2.30. The monoisotopic (exact) mass is 1870 g/mol. The molecule has 14 aromatic carbocycles. The molecule has 0 bridgehead atoms. The number of benzene rings is 14. The summed E-state index contributed by atoms with van der Waals surface area (Å²) in [6, 6.07) is 109. The molecular formula is C114H132N18O7. The summed E-state index contributed by atoms with van der Waals surface area (Å²) >= 11 is 0. The number of carbonyl (C=O) groups is 6. The Labute approximate surface area is 817 Å². The Balaban J connectivity index is 0.000000174. The number of hydrogen-bond acceptors (Lipinski definition) is 19. The lowest BCUT2D eigenvalue weighted by Crippen LogP contribution is -2.31. The number of hydrogen-bond donors (Lipinski definition) is 12. The molecule has 0 unspecified atom stereocenters. The van der Waals surface area contributed by atoms with Gasteiger partial charge >= 0.3 is 6.09 Å². The molecule has 0 heterocycles. The average Bonchev–Trinajstić information content (AvgIpc) is 1.61. The van der Waals surface area contributed by atoms with E-state index in [0.717, 1.165) is 128 Å². The predicted molar refractivity (Wildman–Crippen MR) is 569 cm³/mol. The summed E-state index contributed by atoms with van der Waals surface area (Å²) in [7, 11) is 0. The van der Waals surface area contributed by atoms with Crippen molar-refractivity contribution in [1.82, 2.24) is 29.4 Å². The second-order valence-electron chi connectivity index (χ2n) is 34.5. The third-order valence-corrected chi connectivity index (χ3v) is 23.5. The molecule has 1 aliphatic carbocycles. The van der Waals surface area contributed by atoms with Gasteiger partial charge in [0.1, 0.15) is 6.61 Å². The van der Waals surface area contributed by atoms with Crippen LogP contribution in [0.2, 0.25) is 0 Å². The maximum atomic E-state index is 13.3. The summed E-state index contributed by atoms with van der Waals surface area (Å²) in [5.41, 5.74) is 95.2. The van der Waals surface area contributed by atoms with Crippen molar-refractivity contribution in [2.45, 2.75) is 118 Å². The summed E-state index contributed by atoms with van der Waals surface area (Å²) in [5.74, 6) is 0.377. The Morgan fingerprint density at radius 1 is 0.201 bits per heavy atom. The molecule has 25 heteroatoms. The number of rotatable bonds is 31. The number of fused-ring (bicyclic) bond motifs is 3. The van der Waals surface area contributed by atoms with Gasteiger partial charge in [-0.15, -0.1) is 0 Å². The standard InChI is InChI=1S/C29H27N3O2.5C17H21N3O/c30-22-13-9-20(10-14-22)17-32(18-21-11-15-23(31)16-12-21)29(33)34-19-28-26-7-3-1-5-24(26)25-6-2-4-8-27(25)28;5*1-13(21)20(12-15-4-8-17(19)9-5-15)11-10-14-2-6-16(18)7-3-14/h1-16,28H,17-19,30-31H2;5*2-9H,10-12,18-19H2,1H3. The van der Waals surface area contributed by atoms with Crippen molar-refractivity contribution < 1.29 is 33.5 Å². The van der Waals surface area contributed by atoms with Crippen molar-refractivity contribution >= 4 is 104 Å². The lowest BCUT2D eigenvalue weighted by Gasteiger charge is -2.24. The highest BCUT2D eigenvalue weighted by atomic mass is 16.6. The molecule has 1 aliphatic rings. The number of nitrogen functional groups attached to an aromatic ring is 12. The van der Waals surface area contributed by atoms with Crippen LogP contribution in [0.15, 0.2) is 340 Å². The van der Waals surface area contributed by atoms with Gasteiger partial charge in [-0.2, -0.15) is 0 Å². The van der Waals surface area contributed by atoms with Crippen LogP contribution in [-0.4, -0.2) is 104 Å². The summed E-state index contributed by atoms with van der Waals surface area (Å²) in [4.78, 5) is 83.1. The molecule has 720 valence electrons. The van der Waals surface area contributed by atoms with E-state index in [1.54, 1.807) is 39.5 Å². The van der Waals surface area contributed by atoms with E-state index in [1.807, 2.05) is 340 Å². The molecule has 0 saturated carbocycles. The van der Waals surface area contributed by atoms with Crippen molar-refractivity contribution in [3.05, 3.63) is 418 Å². The molecule has 0 radical (unpaired) electrons. The van der Waals surface area contributed by atoms with Gasteiger partial charge < -0.3 is 98.0 Å². The first-order valence-corrected chi connectivity index (χ1v) is 46.3. The van der Waals surface area contributed by atoms with Crippen LogP contribution >= 0.6 is 0 Å². The molecule has 25 nitrogen and oxygen atoms in total. The van der Waals surface area contributed by atoms with Gasteiger partial charge in [0.05, 0.1) is 0 Å².